The fraction of sp³-hybridized carbons (Fsp3) is 0.846. The highest BCUT2D eigenvalue weighted by Gasteiger charge is 2.26. The van der Waals surface area contributed by atoms with Gasteiger partial charge in [-0.05, 0) is 20.5 Å². The number of nitrogens with one attached hydrogen (secondary N) is 1. The van der Waals surface area contributed by atoms with Gasteiger partial charge in [0.2, 0.25) is 11.7 Å². The van der Waals surface area contributed by atoms with E-state index in [-0.39, 0.29) is 12.0 Å². The minimum Gasteiger partial charge on any atom is -0.367 e. The molecule has 3 unspecified atom stereocenters. The molecule has 0 aliphatic carbocycles. The number of hydrogen-bond donors (Lipinski definition) is 1. The molecular formula is C13H24N4O2. The van der Waals surface area contributed by atoms with Gasteiger partial charge in [-0.3, -0.25) is 0 Å². The van der Waals surface area contributed by atoms with Crippen LogP contribution in [-0.4, -0.2) is 54.4 Å². The monoisotopic (exact) mass is 268 g/mol. The Hall–Kier alpha value is -0.980. The Morgan fingerprint density at radius 3 is 2.95 bits per heavy atom. The van der Waals surface area contributed by atoms with Crippen LogP contribution in [0.1, 0.15) is 44.5 Å². The van der Waals surface area contributed by atoms with Crippen LogP contribution in [0.3, 0.4) is 0 Å². The van der Waals surface area contributed by atoms with Crippen molar-refractivity contribution in [2.45, 2.75) is 38.8 Å². The number of likely N-dealkylation sites (N-methyl/N-ethyl adjacent to an activating group) is 2. The summed E-state index contributed by atoms with van der Waals surface area (Å²) in [6.07, 6.45) is -0.0714. The van der Waals surface area contributed by atoms with E-state index in [9.17, 15) is 0 Å². The number of ether oxygens (including phenoxy) is 1. The van der Waals surface area contributed by atoms with Crippen molar-refractivity contribution in [3.63, 3.8) is 0 Å². The Bertz CT molecular complexity index is 396. The zero-order valence-corrected chi connectivity index (χ0v) is 12.2. The summed E-state index contributed by atoms with van der Waals surface area (Å²) in [5, 5.41) is 7.44. The summed E-state index contributed by atoms with van der Waals surface area (Å²) >= 11 is 0. The van der Waals surface area contributed by atoms with E-state index in [2.05, 4.69) is 48.2 Å². The molecular weight excluding hydrogens is 244 g/mol. The van der Waals surface area contributed by atoms with Crippen LogP contribution >= 0.6 is 0 Å². The van der Waals surface area contributed by atoms with Gasteiger partial charge in [-0.2, -0.15) is 4.98 Å². The Morgan fingerprint density at radius 2 is 2.26 bits per heavy atom. The van der Waals surface area contributed by atoms with Crippen molar-refractivity contribution in [2.75, 3.05) is 33.3 Å². The lowest BCUT2D eigenvalue weighted by atomic mass is 10.0. The predicted octanol–water partition coefficient (Wildman–Crippen LogP) is 1.17. The molecule has 0 spiro atoms. The Labute approximate surface area is 114 Å². The molecule has 2 heterocycles. The second kappa shape index (κ2) is 6.45. The fourth-order valence-corrected chi connectivity index (χ4v) is 2.21. The SMILES string of the molecule is CCNC(C)C(C)c1nc(C2CN(C)CCO2)no1. The lowest BCUT2D eigenvalue weighted by molar-refractivity contribution is -0.0264. The third-order valence-electron chi connectivity index (χ3n) is 3.68. The van der Waals surface area contributed by atoms with E-state index < -0.39 is 0 Å². The fourth-order valence-electron chi connectivity index (χ4n) is 2.21. The molecule has 1 aromatic rings. The van der Waals surface area contributed by atoms with Gasteiger partial charge in [0.15, 0.2) is 0 Å². The minimum absolute atomic E-state index is 0.0714. The molecule has 1 saturated heterocycles. The molecule has 108 valence electrons. The first-order chi connectivity index (χ1) is 9.11. The first kappa shape index (κ1) is 14.4. The summed E-state index contributed by atoms with van der Waals surface area (Å²) in [5.74, 6) is 1.54. The van der Waals surface area contributed by atoms with Crippen molar-refractivity contribution >= 4 is 0 Å². The smallest absolute Gasteiger partial charge is 0.231 e. The average Bonchev–Trinajstić information content (AvgIpc) is 2.87. The van der Waals surface area contributed by atoms with E-state index in [1.807, 2.05) is 0 Å². The standard InChI is InChI=1S/C13H24N4O2/c1-5-14-10(3)9(2)13-15-12(16-19-13)11-8-17(4)6-7-18-11/h9-11,14H,5-8H2,1-4H3. The summed E-state index contributed by atoms with van der Waals surface area (Å²) in [7, 11) is 2.08. The van der Waals surface area contributed by atoms with Crippen LogP contribution in [0.25, 0.3) is 0 Å². The van der Waals surface area contributed by atoms with Gasteiger partial charge in [-0.25, -0.2) is 0 Å². The summed E-state index contributed by atoms with van der Waals surface area (Å²) in [6, 6.07) is 0.313. The lowest BCUT2D eigenvalue weighted by Crippen LogP contribution is -2.35. The van der Waals surface area contributed by atoms with Crippen LogP contribution in [0, 0.1) is 0 Å². The summed E-state index contributed by atoms with van der Waals surface area (Å²) in [5.41, 5.74) is 0. The maximum atomic E-state index is 5.69. The maximum absolute atomic E-state index is 5.69. The molecule has 2 rings (SSSR count). The van der Waals surface area contributed by atoms with Crippen LogP contribution < -0.4 is 5.32 Å². The number of aromatic nitrogens is 2. The highest BCUT2D eigenvalue weighted by atomic mass is 16.5. The van der Waals surface area contributed by atoms with Crippen molar-refractivity contribution in [1.82, 2.24) is 20.4 Å². The Balaban J connectivity index is 2.01. The lowest BCUT2D eigenvalue weighted by Gasteiger charge is -2.27. The minimum atomic E-state index is -0.0714. The van der Waals surface area contributed by atoms with Gasteiger partial charge in [0.05, 0.1) is 12.5 Å². The van der Waals surface area contributed by atoms with E-state index in [1.165, 1.54) is 0 Å². The zero-order chi connectivity index (χ0) is 13.8. The van der Waals surface area contributed by atoms with Crippen molar-refractivity contribution in [3.8, 4) is 0 Å². The molecule has 1 fully saturated rings. The van der Waals surface area contributed by atoms with Gasteiger partial charge in [-0.1, -0.05) is 19.0 Å². The topological polar surface area (TPSA) is 63.4 Å². The predicted molar refractivity (Wildman–Crippen MR) is 72.0 cm³/mol. The van der Waals surface area contributed by atoms with E-state index in [1.54, 1.807) is 0 Å². The summed E-state index contributed by atoms with van der Waals surface area (Å²) < 4.78 is 11.1. The molecule has 3 atom stereocenters. The largest absolute Gasteiger partial charge is 0.367 e. The Morgan fingerprint density at radius 1 is 1.47 bits per heavy atom. The highest BCUT2D eigenvalue weighted by Crippen LogP contribution is 2.22. The zero-order valence-electron chi connectivity index (χ0n) is 12.2. The number of hydrogen-bond acceptors (Lipinski definition) is 6. The number of nitrogens with zero attached hydrogens (tertiary/aromatic N) is 3. The van der Waals surface area contributed by atoms with E-state index in [0.29, 0.717) is 24.4 Å². The van der Waals surface area contributed by atoms with Crippen molar-refractivity contribution in [1.29, 1.82) is 0 Å². The molecule has 1 aliphatic heterocycles. The number of rotatable bonds is 5. The first-order valence-corrected chi connectivity index (χ1v) is 6.98. The van der Waals surface area contributed by atoms with Crippen LogP contribution in [0.15, 0.2) is 4.52 Å². The first-order valence-electron chi connectivity index (χ1n) is 6.98. The molecule has 6 heteroatoms. The second-order valence-corrected chi connectivity index (χ2v) is 5.25. The Kier molecular flexibility index (Phi) is 4.90. The average molecular weight is 268 g/mol. The molecule has 0 aromatic carbocycles. The van der Waals surface area contributed by atoms with Crippen molar-refractivity contribution < 1.29 is 9.26 Å². The summed E-state index contributed by atoms with van der Waals surface area (Å²) in [4.78, 5) is 6.72. The van der Waals surface area contributed by atoms with Gasteiger partial charge in [0.25, 0.3) is 0 Å². The normalized spacial score (nSPS) is 24.3. The molecule has 0 saturated carbocycles. The molecule has 1 N–H and O–H groups in total. The summed E-state index contributed by atoms with van der Waals surface area (Å²) in [6.45, 7) is 9.73. The number of morpholine rings is 1. The molecule has 19 heavy (non-hydrogen) atoms. The van der Waals surface area contributed by atoms with Gasteiger partial charge in [-0.15, -0.1) is 0 Å². The van der Waals surface area contributed by atoms with Crippen molar-refractivity contribution in [2.24, 2.45) is 0 Å². The van der Waals surface area contributed by atoms with Gasteiger partial charge < -0.3 is 19.5 Å². The molecule has 1 aliphatic rings. The van der Waals surface area contributed by atoms with E-state index in [0.717, 1.165) is 19.6 Å². The highest BCUT2D eigenvalue weighted by molar-refractivity contribution is 4.99. The van der Waals surface area contributed by atoms with E-state index >= 15 is 0 Å². The third-order valence-corrected chi connectivity index (χ3v) is 3.68. The second-order valence-electron chi connectivity index (χ2n) is 5.25. The third kappa shape index (κ3) is 3.52. The van der Waals surface area contributed by atoms with Crippen LogP contribution in [-0.2, 0) is 4.74 Å². The van der Waals surface area contributed by atoms with E-state index in [4.69, 9.17) is 9.26 Å². The van der Waals surface area contributed by atoms with Gasteiger partial charge in [0, 0.05) is 19.1 Å². The molecule has 0 bridgehead atoms. The van der Waals surface area contributed by atoms with Gasteiger partial charge in [0.1, 0.15) is 6.10 Å². The van der Waals surface area contributed by atoms with Crippen LogP contribution in [0.2, 0.25) is 0 Å². The van der Waals surface area contributed by atoms with Gasteiger partial charge >= 0.3 is 0 Å². The molecule has 0 radical (unpaired) electrons. The quantitative estimate of drug-likeness (QED) is 0.865. The molecule has 0 amide bonds. The molecule has 1 aromatic heterocycles. The van der Waals surface area contributed by atoms with Crippen LogP contribution in [0.4, 0.5) is 0 Å². The van der Waals surface area contributed by atoms with Crippen molar-refractivity contribution in [3.05, 3.63) is 11.7 Å². The molecule has 6 nitrogen and oxygen atoms in total. The van der Waals surface area contributed by atoms with Crippen LogP contribution in [0.5, 0.6) is 0 Å². The maximum Gasteiger partial charge on any atom is 0.231 e.